The molecule has 2 rings (SSSR count). The molecule has 1 heterocycles. The van der Waals surface area contributed by atoms with E-state index in [1.165, 1.54) is 0 Å². The molecule has 0 spiro atoms. The van der Waals surface area contributed by atoms with E-state index < -0.39 is 17.8 Å². The van der Waals surface area contributed by atoms with Crippen LogP contribution in [0.3, 0.4) is 0 Å². The molecule has 21 heavy (non-hydrogen) atoms. The monoisotopic (exact) mass is 423 g/mol. The van der Waals surface area contributed by atoms with Gasteiger partial charge in [0.05, 0.1) is 18.5 Å². The lowest BCUT2D eigenvalue weighted by Gasteiger charge is -2.31. The Morgan fingerprint density at radius 3 is 2.76 bits per heavy atom. The predicted molar refractivity (Wildman–Crippen MR) is 83.7 cm³/mol. The van der Waals surface area contributed by atoms with Gasteiger partial charge in [0.15, 0.2) is 0 Å². The zero-order valence-electron chi connectivity index (χ0n) is 11.2. The minimum atomic E-state index is -2.59. The number of alkyl halides is 3. The summed E-state index contributed by atoms with van der Waals surface area (Å²) < 4.78 is 31.3. The highest BCUT2D eigenvalue weighted by atomic mass is 79.9. The Morgan fingerprint density at radius 2 is 2.19 bits per heavy atom. The summed E-state index contributed by atoms with van der Waals surface area (Å²) in [5, 5.41) is 0. The van der Waals surface area contributed by atoms with Crippen molar-refractivity contribution in [3.05, 3.63) is 34.3 Å². The molecular weight excluding hydrogens is 412 g/mol. The molecule has 0 aromatic heterocycles. The van der Waals surface area contributed by atoms with Gasteiger partial charge in [0.25, 0.3) is 6.43 Å². The van der Waals surface area contributed by atoms with E-state index in [2.05, 4.69) is 31.9 Å². The lowest BCUT2D eigenvalue weighted by atomic mass is 10.0. The topological polar surface area (TPSA) is 29.5 Å². The number of ether oxygens (including phenoxy) is 1. The molecule has 0 fully saturated rings. The van der Waals surface area contributed by atoms with Crippen LogP contribution in [-0.4, -0.2) is 35.7 Å². The number of nitrogens with zero attached hydrogens (tertiary/aromatic N) is 1. The Hall–Kier alpha value is -0.950. The number of methoxy groups -OCH3 is 1. The van der Waals surface area contributed by atoms with Gasteiger partial charge in [0.2, 0.25) is 5.91 Å². The number of hydrogen-bond donors (Lipinski definition) is 0. The largest absolute Gasteiger partial charge is 0.497 e. The van der Waals surface area contributed by atoms with Gasteiger partial charge in [-0.05, 0) is 40.5 Å². The van der Waals surface area contributed by atoms with Crippen LogP contribution in [0.2, 0.25) is 0 Å². The molecule has 0 N–H and O–H groups in total. The molecule has 114 valence electrons. The van der Waals surface area contributed by atoms with Crippen molar-refractivity contribution in [3.63, 3.8) is 0 Å². The minimum Gasteiger partial charge on any atom is -0.497 e. The van der Waals surface area contributed by atoms with Crippen LogP contribution in [0.4, 0.5) is 8.78 Å². The lowest BCUT2D eigenvalue weighted by molar-refractivity contribution is -0.129. The van der Waals surface area contributed by atoms with Gasteiger partial charge in [-0.1, -0.05) is 22.0 Å². The highest BCUT2D eigenvalue weighted by Gasteiger charge is 2.31. The van der Waals surface area contributed by atoms with E-state index in [1.54, 1.807) is 31.4 Å². The standard InChI is InChI=1S/C14H13Br2F2NO2/c1-21-8-2-3-9(11(16)6-8)12-5-4-10(15)14(20)19(12)7-13(17)18/h2-3,5-6,10,13H,4,7H2,1H3. The summed E-state index contributed by atoms with van der Waals surface area (Å²) in [6.07, 6.45) is -0.338. The second-order valence-electron chi connectivity index (χ2n) is 4.48. The van der Waals surface area contributed by atoms with Crippen molar-refractivity contribution in [3.8, 4) is 5.75 Å². The number of carbonyl (C=O) groups excluding carboxylic acids is 1. The van der Waals surface area contributed by atoms with Gasteiger partial charge in [-0.15, -0.1) is 0 Å². The van der Waals surface area contributed by atoms with Crippen molar-refractivity contribution in [2.24, 2.45) is 0 Å². The molecule has 1 amide bonds. The van der Waals surface area contributed by atoms with E-state index in [-0.39, 0.29) is 5.91 Å². The van der Waals surface area contributed by atoms with Gasteiger partial charge < -0.3 is 9.64 Å². The summed E-state index contributed by atoms with van der Waals surface area (Å²) in [5.74, 6) is 0.294. The first-order valence-electron chi connectivity index (χ1n) is 6.21. The number of rotatable bonds is 4. The quantitative estimate of drug-likeness (QED) is 0.682. The molecule has 0 radical (unpaired) electrons. The van der Waals surface area contributed by atoms with E-state index in [9.17, 15) is 13.6 Å². The second kappa shape index (κ2) is 6.87. The van der Waals surface area contributed by atoms with Crippen LogP contribution < -0.4 is 4.74 Å². The van der Waals surface area contributed by atoms with E-state index in [4.69, 9.17) is 4.74 Å². The normalized spacial score (nSPS) is 19.0. The average molecular weight is 425 g/mol. The van der Waals surface area contributed by atoms with Gasteiger partial charge in [-0.3, -0.25) is 4.79 Å². The number of allylic oxidation sites excluding steroid dienone is 1. The highest BCUT2D eigenvalue weighted by Crippen LogP contribution is 2.34. The van der Waals surface area contributed by atoms with Crippen molar-refractivity contribution in [2.75, 3.05) is 13.7 Å². The maximum absolute atomic E-state index is 12.8. The van der Waals surface area contributed by atoms with Gasteiger partial charge >= 0.3 is 0 Å². The second-order valence-corrected chi connectivity index (χ2v) is 6.44. The Labute approximate surface area is 138 Å². The van der Waals surface area contributed by atoms with Crippen LogP contribution in [0.15, 0.2) is 28.7 Å². The molecule has 1 atom stereocenters. The van der Waals surface area contributed by atoms with Crippen molar-refractivity contribution >= 4 is 43.5 Å². The highest BCUT2D eigenvalue weighted by molar-refractivity contribution is 9.10. The molecule has 1 aromatic rings. The number of hydrogen-bond acceptors (Lipinski definition) is 2. The van der Waals surface area contributed by atoms with Crippen LogP contribution in [0.25, 0.3) is 5.70 Å². The molecule has 0 saturated carbocycles. The van der Waals surface area contributed by atoms with Crippen LogP contribution in [0.1, 0.15) is 12.0 Å². The third-order valence-electron chi connectivity index (χ3n) is 3.12. The molecule has 0 bridgehead atoms. The first-order valence-corrected chi connectivity index (χ1v) is 7.92. The number of benzene rings is 1. The third-order valence-corrected chi connectivity index (χ3v) is 4.54. The van der Waals surface area contributed by atoms with Gasteiger partial charge in [-0.2, -0.15) is 0 Å². The molecular formula is C14H13Br2F2NO2. The van der Waals surface area contributed by atoms with Crippen LogP contribution in [-0.2, 0) is 4.79 Å². The van der Waals surface area contributed by atoms with Crippen molar-refractivity contribution < 1.29 is 18.3 Å². The first-order chi connectivity index (χ1) is 9.93. The van der Waals surface area contributed by atoms with E-state index in [0.29, 0.717) is 27.9 Å². The molecule has 1 unspecified atom stereocenters. The lowest BCUT2D eigenvalue weighted by Crippen LogP contribution is -2.41. The number of carbonyl (C=O) groups is 1. The molecule has 0 aliphatic carbocycles. The molecule has 1 aromatic carbocycles. The maximum Gasteiger partial charge on any atom is 0.256 e. The first kappa shape index (κ1) is 16.4. The molecule has 1 aliphatic heterocycles. The van der Waals surface area contributed by atoms with Crippen LogP contribution in [0.5, 0.6) is 5.75 Å². The molecule has 7 heteroatoms. The van der Waals surface area contributed by atoms with Gasteiger partial charge in [0.1, 0.15) is 5.75 Å². The number of halogens is 4. The third kappa shape index (κ3) is 3.63. The van der Waals surface area contributed by atoms with Crippen molar-refractivity contribution in [1.29, 1.82) is 0 Å². The van der Waals surface area contributed by atoms with Crippen LogP contribution in [0, 0.1) is 0 Å². The summed E-state index contributed by atoms with van der Waals surface area (Å²) in [6, 6.07) is 5.21. The fourth-order valence-corrected chi connectivity index (χ4v) is 3.12. The summed E-state index contributed by atoms with van der Waals surface area (Å²) in [7, 11) is 1.55. The Balaban J connectivity index is 2.41. The summed E-state index contributed by atoms with van der Waals surface area (Å²) in [5.41, 5.74) is 1.18. The predicted octanol–water partition coefficient (Wildman–Crippen LogP) is 4.06. The fraction of sp³-hybridized carbons (Fsp3) is 0.357. The summed E-state index contributed by atoms with van der Waals surface area (Å²) >= 11 is 6.61. The van der Waals surface area contributed by atoms with E-state index >= 15 is 0 Å². The van der Waals surface area contributed by atoms with E-state index in [1.807, 2.05) is 0 Å². The summed E-state index contributed by atoms with van der Waals surface area (Å²) in [6.45, 7) is -0.620. The number of amides is 1. The SMILES string of the molecule is COc1ccc(C2=CCC(Br)C(=O)N2CC(F)F)c(Br)c1. The summed E-state index contributed by atoms with van der Waals surface area (Å²) in [4.78, 5) is 12.8. The molecule has 3 nitrogen and oxygen atoms in total. The molecule has 0 saturated heterocycles. The Kier molecular flexibility index (Phi) is 5.37. The average Bonchev–Trinajstić information content (AvgIpc) is 2.44. The van der Waals surface area contributed by atoms with Gasteiger partial charge in [0, 0.05) is 15.7 Å². The fourth-order valence-electron chi connectivity index (χ4n) is 2.13. The molecule has 1 aliphatic rings. The zero-order valence-corrected chi connectivity index (χ0v) is 14.3. The minimum absolute atomic E-state index is 0.351. The van der Waals surface area contributed by atoms with Crippen LogP contribution >= 0.6 is 31.9 Å². The van der Waals surface area contributed by atoms with Crippen molar-refractivity contribution in [1.82, 2.24) is 4.90 Å². The maximum atomic E-state index is 12.8. The Bertz CT molecular complexity index is 578. The Morgan fingerprint density at radius 1 is 1.48 bits per heavy atom. The van der Waals surface area contributed by atoms with E-state index in [0.717, 1.165) is 4.90 Å². The zero-order chi connectivity index (χ0) is 15.6. The smallest absolute Gasteiger partial charge is 0.256 e. The van der Waals surface area contributed by atoms with Crippen molar-refractivity contribution in [2.45, 2.75) is 17.7 Å². The van der Waals surface area contributed by atoms with Gasteiger partial charge in [-0.25, -0.2) is 8.78 Å².